The van der Waals surface area contributed by atoms with Crippen molar-refractivity contribution in [2.45, 2.75) is 283 Å². The van der Waals surface area contributed by atoms with E-state index in [4.69, 9.17) is 18.9 Å². The number of carboxylic acids is 1. The van der Waals surface area contributed by atoms with Gasteiger partial charge in [0, 0.05) is 12.8 Å². The lowest BCUT2D eigenvalue weighted by Gasteiger charge is -2.25. The summed E-state index contributed by atoms with van der Waals surface area (Å²) < 4.78 is 22.9. The molecule has 0 aromatic heterocycles. The number of aliphatic carboxylic acids is 1. The van der Waals surface area contributed by atoms with Crippen molar-refractivity contribution in [3.8, 4) is 0 Å². The second kappa shape index (κ2) is 60.3. The highest BCUT2D eigenvalue weighted by Crippen LogP contribution is 2.17. The molecule has 0 radical (unpaired) electrons. The van der Waals surface area contributed by atoms with Crippen molar-refractivity contribution in [2.24, 2.45) is 0 Å². The summed E-state index contributed by atoms with van der Waals surface area (Å²) in [4.78, 5) is 37.4. The molecule has 9 nitrogen and oxygen atoms in total. The summed E-state index contributed by atoms with van der Waals surface area (Å²) in [5, 5.41) is 9.70. The lowest BCUT2D eigenvalue weighted by Crippen LogP contribution is -2.40. The molecule has 1 N–H and O–H groups in total. The Bertz CT molecular complexity index is 1620. The number of carbonyl (C=O) groups is 3. The van der Waals surface area contributed by atoms with Crippen LogP contribution in [0.3, 0.4) is 0 Å². The van der Waals surface area contributed by atoms with Gasteiger partial charge in [-0.15, -0.1) is 0 Å². The van der Waals surface area contributed by atoms with Gasteiger partial charge in [-0.05, 0) is 96.3 Å². The summed E-state index contributed by atoms with van der Waals surface area (Å²) in [6, 6.07) is 0. The molecule has 0 rings (SSSR count). The first kappa shape index (κ1) is 75.2. The van der Waals surface area contributed by atoms with Gasteiger partial charge in [0.15, 0.2) is 6.10 Å². The Balaban J connectivity index is 3.98. The van der Waals surface area contributed by atoms with Gasteiger partial charge in [0.25, 0.3) is 6.29 Å². The largest absolute Gasteiger partial charge is 0.477 e. The Morgan fingerprint density at radius 2 is 0.722 bits per heavy atom. The predicted molar refractivity (Wildman–Crippen MR) is 336 cm³/mol. The summed E-state index contributed by atoms with van der Waals surface area (Å²) in [7, 11) is 5.97. The van der Waals surface area contributed by atoms with Crippen LogP contribution in [0.4, 0.5) is 0 Å². The molecule has 0 bridgehead atoms. The molecule has 0 aliphatic rings. The van der Waals surface area contributed by atoms with Gasteiger partial charge in [0.05, 0.1) is 34.4 Å². The highest BCUT2D eigenvalue weighted by molar-refractivity contribution is 5.71. The second-order valence-electron chi connectivity index (χ2n) is 22.7. The minimum atomic E-state index is -1.51. The van der Waals surface area contributed by atoms with E-state index in [1.165, 1.54) is 141 Å². The van der Waals surface area contributed by atoms with Gasteiger partial charge < -0.3 is 28.5 Å². The zero-order chi connectivity index (χ0) is 57.6. The Labute approximate surface area is 486 Å². The van der Waals surface area contributed by atoms with Gasteiger partial charge in [-0.2, -0.15) is 0 Å². The predicted octanol–water partition coefficient (Wildman–Crippen LogP) is 19.7. The van der Waals surface area contributed by atoms with Crippen molar-refractivity contribution in [2.75, 3.05) is 47.5 Å². The van der Waals surface area contributed by atoms with E-state index >= 15 is 0 Å². The minimum absolute atomic E-state index is 0.185. The van der Waals surface area contributed by atoms with Crippen LogP contribution in [-0.2, 0) is 33.3 Å². The zero-order valence-electron chi connectivity index (χ0n) is 51.8. The summed E-state index contributed by atoms with van der Waals surface area (Å²) in [6.07, 6.45) is 79.5. The number of likely N-dealkylation sites (N-methyl/N-ethyl adjacent to an activating group) is 1. The number of carbonyl (C=O) groups excluding carboxylic acids is 2. The third-order valence-electron chi connectivity index (χ3n) is 13.8. The second-order valence-corrected chi connectivity index (χ2v) is 22.7. The molecule has 454 valence electrons. The zero-order valence-corrected chi connectivity index (χ0v) is 51.8. The Morgan fingerprint density at radius 1 is 0.392 bits per heavy atom. The molecular weight excluding hydrogens is 983 g/mol. The van der Waals surface area contributed by atoms with Crippen molar-refractivity contribution in [1.29, 1.82) is 0 Å². The summed E-state index contributed by atoms with van der Waals surface area (Å²) in [5.41, 5.74) is 0. The fourth-order valence-electron chi connectivity index (χ4n) is 8.87. The Hall–Kier alpha value is -3.79. The van der Waals surface area contributed by atoms with Crippen LogP contribution in [0.5, 0.6) is 0 Å². The maximum absolute atomic E-state index is 12.9. The van der Waals surface area contributed by atoms with Crippen molar-refractivity contribution >= 4 is 17.9 Å². The van der Waals surface area contributed by atoms with Crippen molar-refractivity contribution in [3.63, 3.8) is 0 Å². The van der Waals surface area contributed by atoms with Gasteiger partial charge in [0.2, 0.25) is 0 Å². The smallest absolute Gasteiger partial charge is 0.361 e. The molecule has 0 saturated carbocycles. The Kier molecular flexibility index (Phi) is 57.4. The molecule has 0 aromatic carbocycles. The number of unbranched alkanes of at least 4 members (excludes halogenated alkanes) is 28. The third-order valence-corrected chi connectivity index (χ3v) is 13.8. The molecular formula is C70H122NO8+. The first-order chi connectivity index (χ1) is 38.6. The van der Waals surface area contributed by atoms with Gasteiger partial charge >= 0.3 is 17.9 Å². The van der Waals surface area contributed by atoms with E-state index < -0.39 is 24.3 Å². The molecule has 2 unspecified atom stereocenters. The molecule has 2 atom stereocenters. The van der Waals surface area contributed by atoms with Crippen LogP contribution in [0.2, 0.25) is 0 Å². The van der Waals surface area contributed by atoms with Crippen LogP contribution in [0.1, 0.15) is 271 Å². The third kappa shape index (κ3) is 61.7. The number of ether oxygens (including phenoxy) is 4. The van der Waals surface area contributed by atoms with Crippen molar-refractivity contribution < 1.29 is 42.9 Å². The average molecular weight is 1110 g/mol. The van der Waals surface area contributed by atoms with E-state index in [2.05, 4.69) is 111 Å². The van der Waals surface area contributed by atoms with Crippen LogP contribution >= 0.6 is 0 Å². The fraction of sp³-hybridized carbons (Fsp3) is 0.729. The number of carboxylic acid groups (broad SMARTS) is 1. The number of quaternary nitrogens is 1. The molecule has 0 aliphatic carbocycles. The lowest BCUT2D eigenvalue weighted by atomic mass is 10.0. The van der Waals surface area contributed by atoms with Gasteiger partial charge in [-0.1, -0.05) is 259 Å². The molecule has 0 spiro atoms. The molecule has 0 aliphatic heterocycles. The molecule has 0 fully saturated rings. The van der Waals surface area contributed by atoms with Crippen LogP contribution in [-0.4, -0.2) is 87.4 Å². The standard InChI is InChI=1S/C70H121NO8/c1-6-8-10-12-14-16-18-20-21-22-23-24-25-26-27-28-29-30-31-32-33-34-35-36-37-38-39-40-41-42-43-44-45-46-47-49-51-53-55-57-59-61-68(73)79-66(65-78-70(69(74)75)76-63-62-71(3,4)5)64-77-67(72)60-58-56-54-52-50-48-19-17-15-13-11-9-7-2/h8,10,14,16-17,19-21,23-24,26-27,29-30,32-33,66,70H,6-7,9,11-13,15,18,22,25,28,31,34-65H2,1-5H3/p+1/b10-8-,16-14-,19-17-,21-20-,24-23-,27-26-,30-29-,33-32-. The fourth-order valence-corrected chi connectivity index (χ4v) is 8.87. The maximum atomic E-state index is 12.9. The average Bonchev–Trinajstić information content (AvgIpc) is 3.42. The van der Waals surface area contributed by atoms with Crippen LogP contribution < -0.4 is 0 Å². The molecule has 0 heterocycles. The van der Waals surface area contributed by atoms with Gasteiger partial charge in [-0.25, -0.2) is 4.79 Å². The quantitative estimate of drug-likeness (QED) is 0.0211. The Morgan fingerprint density at radius 3 is 1.09 bits per heavy atom. The highest BCUT2D eigenvalue weighted by atomic mass is 16.7. The van der Waals surface area contributed by atoms with E-state index in [0.29, 0.717) is 17.4 Å². The van der Waals surface area contributed by atoms with Crippen molar-refractivity contribution in [1.82, 2.24) is 0 Å². The summed E-state index contributed by atoms with van der Waals surface area (Å²) in [6.45, 7) is 4.75. The highest BCUT2D eigenvalue weighted by Gasteiger charge is 2.25. The van der Waals surface area contributed by atoms with Crippen LogP contribution in [0.15, 0.2) is 97.2 Å². The normalized spacial score (nSPS) is 13.4. The van der Waals surface area contributed by atoms with Crippen LogP contribution in [0.25, 0.3) is 0 Å². The van der Waals surface area contributed by atoms with E-state index in [1.807, 2.05) is 21.1 Å². The van der Waals surface area contributed by atoms with Crippen LogP contribution in [0, 0.1) is 0 Å². The first-order valence-electron chi connectivity index (χ1n) is 32.4. The van der Waals surface area contributed by atoms with E-state index in [9.17, 15) is 19.5 Å². The topological polar surface area (TPSA) is 108 Å². The number of nitrogens with zero attached hydrogens (tertiary/aromatic N) is 1. The first-order valence-corrected chi connectivity index (χ1v) is 32.4. The molecule has 0 amide bonds. The van der Waals surface area contributed by atoms with Gasteiger partial charge in [0.1, 0.15) is 13.2 Å². The molecule has 0 aromatic rings. The lowest BCUT2D eigenvalue weighted by molar-refractivity contribution is -0.870. The maximum Gasteiger partial charge on any atom is 0.361 e. The molecule has 0 saturated heterocycles. The number of rotatable bonds is 59. The van der Waals surface area contributed by atoms with Crippen molar-refractivity contribution in [3.05, 3.63) is 97.2 Å². The number of esters is 2. The number of allylic oxidation sites excluding steroid dienone is 16. The minimum Gasteiger partial charge on any atom is -0.477 e. The molecule has 9 heteroatoms. The number of hydrogen-bond acceptors (Lipinski definition) is 7. The van der Waals surface area contributed by atoms with E-state index in [1.54, 1.807) is 0 Å². The monoisotopic (exact) mass is 1100 g/mol. The van der Waals surface area contributed by atoms with E-state index in [0.717, 1.165) is 103 Å². The SMILES string of the molecule is CC/C=C\C/C=C\C/C=C\C/C=C\C/C=C\C/C=C\C/C=C\CCCCCCCCCCCCCCCCCCCCCC(=O)OC(COC(=O)CCCCCCC/C=C\CCCCCC)COC(OCC[N+](C)(C)C)C(=O)O. The van der Waals surface area contributed by atoms with Gasteiger partial charge in [-0.3, -0.25) is 9.59 Å². The van der Waals surface area contributed by atoms with E-state index in [-0.39, 0.29) is 32.2 Å². The number of hydrogen-bond donors (Lipinski definition) is 1. The summed E-state index contributed by atoms with van der Waals surface area (Å²) in [5.74, 6) is -2.01. The summed E-state index contributed by atoms with van der Waals surface area (Å²) >= 11 is 0. The molecule has 79 heavy (non-hydrogen) atoms.